The first-order chi connectivity index (χ1) is 5.72. The van der Waals surface area contributed by atoms with Crippen LogP contribution in [0.25, 0.3) is 0 Å². The van der Waals surface area contributed by atoms with Gasteiger partial charge in [0.05, 0.1) is 6.04 Å². The summed E-state index contributed by atoms with van der Waals surface area (Å²) in [5, 5.41) is 2.68. The minimum Gasteiger partial charge on any atom is -0.355 e. The Balaban J connectivity index is 3.42. The van der Waals surface area contributed by atoms with Crippen molar-refractivity contribution in [3.63, 3.8) is 0 Å². The fourth-order valence-electron chi connectivity index (χ4n) is 0.945. The predicted octanol–water partition coefficient (Wildman–Crippen LogP) is -0.421. The molecule has 5 N–H and O–H groups in total. The highest BCUT2D eigenvalue weighted by Gasteiger charge is 2.10. The minimum atomic E-state index is -0.364. The van der Waals surface area contributed by atoms with E-state index < -0.39 is 0 Å². The van der Waals surface area contributed by atoms with Gasteiger partial charge in [-0.05, 0) is 26.3 Å². The van der Waals surface area contributed by atoms with Gasteiger partial charge in [-0.25, -0.2) is 0 Å². The lowest BCUT2D eigenvalue weighted by atomic mass is 10.1. The molecule has 1 amide bonds. The third kappa shape index (κ3) is 5.09. The van der Waals surface area contributed by atoms with E-state index in [1.165, 1.54) is 0 Å². The molecule has 12 heavy (non-hydrogen) atoms. The molecular weight excluding hydrogens is 154 g/mol. The molecular formula is C8H19N3O. The molecule has 0 aromatic rings. The number of amides is 1. The first-order valence-corrected chi connectivity index (χ1v) is 4.45. The van der Waals surface area contributed by atoms with E-state index in [1.54, 1.807) is 0 Å². The van der Waals surface area contributed by atoms with Gasteiger partial charge in [0.25, 0.3) is 0 Å². The Bertz CT molecular complexity index is 127. The van der Waals surface area contributed by atoms with Gasteiger partial charge < -0.3 is 16.8 Å². The predicted molar refractivity (Wildman–Crippen MR) is 49.6 cm³/mol. The molecule has 4 nitrogen and oxygen atoms in total. The summed E-state index contributed by atoms with van der Waals surface area (Å²) in [6.07, 6.45) is 2.59. The van der Waals surface area contributed by atoms with Crippen molar-refractivity contribution in [3.05, 3.63) is 0 Å². The van der Waals surface area contributed by atoms with Crippen molar-refractivity contribution in [2.75, 3.05) is 13.1 Å². The second kappa shape index (κ2) is 7.06. The maximum Gasteiger partial charge on any atom is 0.236 e. The number of nitrogens with one attached hydrogen (secondary N) is 1. The van der Waals surface area contributed by atoms with Crippen molar-refractivity contribution in [3.8, 4) is 0 Å². The van der Waals surface area contributed by atoms with E-state index in [4.69, 9.17) is 11.5 Å². The van der Waals surface area contributed by atoms with Crippen molar-refractivity contribution in [2.45, 2.75) is 32.2 Å². The molecule has 0 bridgehead atoms. The van der Waals surface area contributed by atoms with E-state index in [2.05, 4.69) is 5.32 Å². The minimum absolute atomic E-state index is 0.0606. The van der Waals surface area contributed by atoms with E-state index in [0.29, 0.717) is 13.1 Å². The Morgan fingerprint density at radius 3 is 2.67 bits per heavy atom. The van der Waals surface area contributed by atoms with Crippen molar-refractivity contribution in [1.82, 2.24) is 5.32 Å². The van der Waals surface area contributed by atoms with Crippen LogP contribution in [0.2, 0.25) is 0 Å². The Morgan fingerprint density at radius 2 is 2.17 bits per heavy atom. The van der Waals surface area contributed by atoms with Gasteiger partial charge in [0, 0.05) is 6.54 Å². The standard InChI is InChI=1S/C8H19N3O/c1-2-11-8(12)7(10)5-3-4-6-9/h7H,2-6,9-10H2,1H3,(H,11,12). The quantitative estimate of drug-likeness (QED) is 0.477. The Kier molecular flexibility index (Phi) is 6.70. The summed E-state index contributed by atoms with van der Waals surface area (Å²) in [6, 6.07) is -0.364. The van der Waals surface area contributed by atoms with Gasteiger partial charge in [0.15, 0.2) is 0 Å². The average molecular weight is 173 g/mol. The normalized spacial score (nSPS) is 12.6. The van der Waals surface area contributed by atoms with Gasteiger partial charge in [-0.1, -0.05) is 6.42 Å². The fourth-order valence-corrected chi connectivity index (χ4v) is 0.945. The van der Waals surface area contributed by atoms with Crippen LogP contribution >= 0.6 is 0 Å². The van der Waals surface area contributed by atoms with Crippen LogP contribution in [0.4, 0.5) is 0 Å². The lowest BCUT2D eigenvalue weighted by Gasteiger charge is -2.09. The number of likely N-dealkylation sites (N-methyl/N-ethyl adjacent to an activating group) is 1. The zero-order chi connectivity index (χ0) is 9.40. The molecule has 0 spiro atoms. The summed E-state index contributed by atoms with van der Waals surface area (Å²) in [4.78, 5) is 11.1. The van der Waals surface area contributed by atoms with Crippen LogP contribution in [0.1, 0.15) is 26.2 Å². The number of carbonyl (C=O) groups is 1. The molecule has 0 radical (unpaired) electrons. The molecule has 0 saturated carbocycles. The molecule has 0 aliphatic carbocycles. The molecule has 0 aliphatic heterocycles. The van der Waals surface area contributed by atoms with Crippen LogP contribution in [0.5, 0.6) is 0 Å². The molecule has 1 atom stereocenters. The van der Waals surface area contributed by atoms with Crippen LogP contribution in [0, 0.1) is 0 Å². The largest absolute Gasteiger partial charge is 0.355 e. The van der Waals surface area contributed by atoms with E-state index in [9.17, 15) is 4.79 Å². The molecule has 0 aromatic carbocycles. The van der Waals surface area contributed by atoms with Crippen LogP contribution in [-0.2, 0) is 4.79 Å². The lowest BCUT2D eigenvalue weighted by molar-refractivity contribution is -0.122. The SMILES string of the molecule is CCNC(=O)C(N)CCCCN. The van der Waals surface area contributed by atoms with E-state index in [0.717, 1.165) is 19.3 Å². The van der Waals surface area contributed by atoms with Crippen molar-refractivity contribution >= 4 is 5.91 Å². The van der Waals surface area contributed by atoms with Crippen LogP contribution in [0.3, 0.4) is 0 Å². The summed E-state index contributed by atoms with van der Waals surface area (Å²) < 4.78 is 0. The first-order valence-electron chi connectivity index (χ1n) is 4.45. The van der Waals surface area contributed by atoms with Gasteiger partial charge in [-0.15, -0.1) is 0 Å². The number of carbonyl (C=O) groups excluding carboxylic acids is 1. The molecule has 4 heteroatoms. The molecule has 0 aromatic heterocycles. The maximum absolute atomic E-state index is 11.1. The van der Waals surface area contributed by atoms with E-state index >= 15 is 0 Å². The highest BCUT2D eigenvalue weighted by atomic mass is 16.2. The molecule has 0 heterocycles. The second-order valence-corrected chi connectivity index (χ2v) is 2.79. The molecule has 1 unspecified atom stereocenters. The first kappa shape index (κ1) is 11.4. The highest BCUT2D eigenvalue weighted by molar-refractivity contribution is 5.81. The van der Waals surface area contributed by atoms with Gasteiger partial charge in [-0.2, -0.15) is 0 Å². The van der Waals surface area contributed by atoms with Gasteiger partial charge in [-0.3, -0.25) is 4.79 Å². The zero-order valence-electron chi connectivity index (χ0n) is 7.68. The lowest BCUT2D eigenvalue weighted by Crippen LogP contribution is -2.40. The van der Waals surface area contributed by atoms with Crippen molar-refractivity contribution in [1.29, 1.82) is 0 Å². The molecule has 0 saturated heterocycles. The Hall–Kier alpha value is -0.610. The smallest absolute Gasteiger partial charge is 0.236 e. The van der Waals surface area contributed by atoms with Crippen molar-refractivity contribution < 1.29 is 4.79 Å². The third-order valence-corrected chi connectivity index (χ3v) is 1.66. The summed E-state index contributed by atoms with van der Waals surface area (Å²) in [5.41, 5.74) is 10.9. The van der Waals surface area contributed by atoms with Gasteiger partial charge in [0.1, 0.15) is 0 Å². The second-order valence-electron chi connectivity index (χ2n) is 2.79. The van der Waals surface area contributed by atoms with Crippen molar-refractivity contribution in [2.24, 2.45) is 11.5 Å². The topological polar surface area (TPSA) is 81.1 Å². The highest BCUT2D eigenvalue weighted by Crippen LogP contribution is 1.97. The van der Waals surface area contributed by atoms with Crippen LogP contribution in [0.15, 0.2) is 0 Å². The summed E-state index contributed by atoms with van der Waals surface area (Å²) in [6.45, 7) is 3.19. The van der Waals surface area contributed by atoms with E-state index in [1.807, 2.05) is 6.92 Å². The number of hydrogen-bond donors (Lipinski definition) is 3. The zero-order valence-corrected chi connectivity index (χ0v) is 7.68. The van der Waals surface area contributed by atoms with E-state index in [-0.39, 0.29) is 11.9 Å². The molecule has 0 rings (SSSR count). The number of nitrogens with two attached hydrogens (primary N) is 2. The van der Waals surface area contributed by atoms with Crippen LogP contribution in [-0.4, -0.2) is 25.0 Å². The van der Waals surface area contributed by atoms with Gasteiger partial charge in [0.2, 0.25) is 5.91 Å². The Labute approximate surface area is 73.7 Å². The number of unbranched alkanes of at least 4 members (excludes halogenated alkanes) is 1. The monoisotopic (exact) mass is 173 g/mol. The summed E-state index contributed by atoms with van der Waals surface area (Å²) >= 11 is 0. The molecule has 0 aliphatic rings. The summed E-state index contributed by atoms with van der Waals surface area (Å²) in [7, 11) is 0. The van der Waals surface area contributed by atoms with Crippen LogP contribution < -0.4 is 16.8 Å². The average Bonchev–Trinajstić information content (AvgIpc) is 2.05. The van der Waals surface area contributed by atoms with Gasteiger partial charge >= 0.3 is 0 Å². The number of hydrogen-bond acceptors (Lipinski definition) is 3. The third-order valence-electron chi connectivity index (χ3n) is 1.66. The number of rotatable bonds is 6. The maximum atomic E-state index is 11.1. The fraction of sp³-hybridized carbons (Fsp3) is 0.875. The Morgan fingerprint density at radius 1 is 1.50 bits per heavy atom. The molecule has 72 valence electrons. The summed E-state index contributed by atoms with van der Waals surface area (Å²) in [5.74, 6) is -0.0606. The molecule has 0 fully saturated rings.